The van der Waals surface area contributed by atoms with Gasteiger partial charge >= 0.3 is 0 Å². The Hall–Kier alpha value is -5.57. The van der Waals surface area contributed by atoms with Crippen LogP contribution in [0.4, 0.5) is 0 Å². The SMILES string of the molecule is [2H]c1c([2H])c(C(C)(C)C)c([2H])c([2H])c1-c1ccnc(-c2[c-]c(-c3cccc4c3nc(-c3cc(C(C)(C)C)cc(C)c3O)n4-c3ccc(C([2H])(C)C)cc3-c3ccccc3)cc(C(C)(C)C)c2)c1.[Pt]. The summed E-state index contributed by atoms with van der Waals surface area (Å²) >= 11 is 0. The fourth-order valence-electron chi connectivity index (χ4n) is 7.87. The van der Waals surface area contributed by atoms with Gasteiger partial charge in [0.05, 0.1) is 27.8 Å². The zero-order valence-corrected chi connectivity index (χ0v) is 40.8. The predicted molar refractivity (Wildman–Crippen MR) is 261 cm³/mol. The van der Waals surface area contributed by atoms with Crippen LogP contribution in [0.2, 0.25) is 0 Å². The van der Waals surface area contributed by atoms with E-state index >= 15 is 0 Å². The van der Waals surface area contributed by atoms with E-state index in [1.807, 2.05) is 84.0 Å². The van der Waals surface area contributed by atoms with E-state index in [-0.39, 0.29) is 67.4 Å². The van der Waals surface area contributed by atoms with Crippen molar-refractivity contribution in [3.8, 4) is 67.5 Å². The van der Waals surface area contributed by atoms with E-state index in [0.29, 0.717) is 39.3 Å². The molecule has 0 saturated carbocycles. The van der Waals surface area contributed by atoms with Crippen molar-refractivity contribution in [2.45, 2.75) is 105 Å². The summed E-state index contributed by atoms with van der Waals surface area (Å²) in [6.07, 6.45) is 1.65. The molecule has 0 aliphatic carbocycles. The van der Waals surface area contributed by atoms with E-state index in [0.717, 1.165) is 55.7 Å². The summed E-state index contributed by atoms with van der Waals surface area (Å²) < 4.78 is 47.1. The topological polar surface area (TPSA) is 50.9 Å². The molecule has 0 atom stereocenters. The molecule has 63 heavy (non-hydrogen) atoms. The van der Waals surface area contributed by atoms with E-state index in [1.165, 1.54) is 0 Å². The Labute approximate surface area is 396 Å². The molecule has 1 N–H and O–H groups in total. The molecule has 4 nitrogen and oxygen atoms in total. The van der Waals surface area contributed by atoms with Gasteiger partial charge in [0.15, 0.2) is 0 Å². The third kappa shape index (κ3) is 9.11. The Bertz CT molecular complexity index is 3210. The maximum atomic E-state index is 12.0. The minimum absolute atomic E-state index is 0. The number of phenolic OH excluding ortho intramolecular Hbond substituents is 1. The van der Waals surface area contributed by atoms with E-state index in [2.05, 4.69) is 107 Å². The number of rotatable bonds is 7. The first-order valence-corrected chi connectivity index (χ1v) is 21.5. The number of fused-ring (bicyclic) bond motifs is 1. The van der Waals surface area contributed by atoms with Crippen LogP contribution in [0.1, 0.15) is 117 Å². The van der Waals surface area contributed by atoms with Crippen molar-refractivity contribution >= 4 is 11.0 Å². The van der Waals surface area contributed by atoms with Crippen LogP contribution in [-0.2, 0) is 37.3 Å². The second kappa shape index (κ2) is 17.2. The second-order valence-corrected chi connectivity index (χ2v) is 19.9. The summed E-state index contributed by atoms with van der Waals surface area (Å²) in [5, 5.41) is 12.0. The number of aryl methyl sites for hydroxylation is 1. The number of para-hydroxylation sites is 1. The molecule has 8 rings (SSSR count). The third-order valence-electron chi connectivity index (χ3n) is 11.7. The zero-order valence-electron chi connectivity index (χ0n) is 43.5. The number of aromatic nitrogens is 3. The van der Waals surface area contributed by atoms with Crippen LogP contribution in [0, 0.1) is 13.0 Å². The minimum Gasteiger partial charge on any atom is -0.507 e. The number of nitrogens with zero attached hydrogens (tertiary/aromatic N) is 3. The van der Waals surface area contributed by atoms with Gasteiger partial charge in [0.2, 0.25) is 0 Å². The molecule has 0 spiro atoms. The van der Waals surface area contributed by atoms with Gasteiger partial charge in [-0.05, 0) is 98.3 Å². The van der Waals surface area contributed by atoms with E-state index in [9.17, 15) is 5.11 Å². The first kappa shape index (κ1) is 39.1. The molecule has 0 amide bonds. The molecule has 0 fully saturated rings. The first-order valence-electron chi connectivity index (χ1n) is 24.0. The zero-order chi connectivity index (χ0) is 48.7. The normalized spacial score (nSPS) is 13.5. The summed E-state index contributed by atoms with van der Waals surface area (Å²) in [5.74, 6) is -0.131. The van der Waals surface area contributed by atoms with Crippen molar-refractivity contribution in [3.63, 3.8) is 0 Å². The van der Waals surface area contributed by atoms with Crippen LogP contribution in [0.3, 0.4) is 0 Å². The van der Waals surface area contributed by atoms with Crippen LogP contribution in [0.25, 0.3) is 72.7 Å². The number of hydrogen-bond donors (Lipinski definition) is 1. The number of aromatic hydroxyl groups is 1. The molecule has 0 aliphatic heterocycles. The van der Waals surface area contributed by atoms with Gasteiger partial charge < -0.3 is 5.11 Å². The molecule has 0 unspecified atom stereocenters. The molecular formula is C58H60N3OPt-. The van der Waals surface area contributed by atoms with Gasteiger partial charge in [0.1, 0.15) is 11.6 Å². The standard InChI is InChI=1S/C58H60N3O.Pt/c1-36(2)40-23-26-51(48(33-40)39-17-14-13-15-18-39)61-52-20-16-19-47(53(52)60-55(61)49-35-45(57(7,8)9)29-37(3)54(49)62)42-30-43(32-46(31-42)58(10,11)12)50-34-41(27-28-59-50)38-21-24-44(25-22-38)56(4,5)6;/h13-29,31-36,62H,1-12H3;/q-1;/i21D,22D,24D,25D,36D;. The number of phenols is 1. The average Bonchev–Trinajstić information content (AvgIpc) is 3.65. The Kier molecular flexibility index (Phi) is 10.7. The molecule has 6 aromatic carbocycles. The smallest absolute Gasteiger partial charge is 0.148 e. The van der Waals surface area contributed by atoms with Gasteiger partial charge in [0, 0.05) is 39.9 Å². The largest absolute Gasteiger partial charge is 0.507 e. The van der Waals surface area contributed by atoms with E-state index in [4.69, 9.17) is 16.8 Å². The Morgan fingerprint density at radius 2 is 1.29 bits per heavy atom. The van der Waals surface area contributed by atoms with Gasteiger partial charge in [-0.25, -0.2) is 4.98 Å². The first-order chi connectivity index (χ1) is 31.3. The van der Waals surface area contributed by atoms with Crippen LogP contribution in [-0.4, -0.2) is 19.6 Å². The summed E-state index contributed by atoms with van der Waals surface area (Å²) in [7, 11) is 0. The molecule has 2 heterocycles. The number of pyridine rings is 1. The van der Waals surface area contributed by atoms with E-state index < -0.39 is 11.3 Å². The predicted octanol–water partition coefficient (Wildman–Crippen LogP) is 15.6. The molecule has 2 aromatic heterocycles. The van der Waals surface area contributed by atoms with Crippen molar-refractivity contribution in [2.75, 3.05) is 0 Å². The molecule has 8 aromatic rings. The van der Waals surface area contributed by atoms with Crippen LogP contribution in [0.5, 0.6) is 5.75 Å². The van der Waals surface area contributed by atoms with Crippen molar-refractivity contribution < 1.29 is 33.0 Å². The molecule has 324 valence electrons. The summed E-state index contributed by atoms with van der Waals surface area (Å²) in [6, 6.07) is 37.9. The maximum Gasteiger partial charge on any atom is 0.148 e. The molecule has 5 heteroatoms. The Balaban J connectivity index is 0.00000684. The average molecular weight is 1020 g/mol. The number of benzene rings is 6. The second-order valence-electron chi connectivity index (χ2n) is 19.9. The fourth-order valence-corrected chi connectivity index (χ4v) is 7.87. The number of imidazole rings is 1. The van der Waals surface area contributed by atoms with Crippen molar-refractivity contribution in [3.05, 3.63) is 167 Å². The fraction of sp³-hybridized carbons (Fsp3) is 0.276. The summed E-state index contributed by atoms with van der Waals surface area (Å²) in [6.45, 7) is 24.4. The van der Waals surface area contributed by atoms with Gasteiger partial charge in [-0.2, -0.15) is 0 Å². The molecular weight excluding hydrogens is 950 g/mol. The monoisotopic (exact) mass is 1010 g/mol. The van der Waals surface area contributed by atoms with Gasteiger partial charge in [-0.3, -0.25) is 9.55 Å². The van der Waals surface area contributed by atoms with Crippen molar-refractivity contribution in [1.82, 2.24) is 14.5 Å². The van der Waals surface area contributed by atoms with Crippen molar-refractivity contribution in [1.29, 1.82) is 0 Å². The Morgan fingerprint density at radius 1 is 0.635 bits per heavy atom. The molecule has 0 bridgehead atoms. The Morgan fingerprint density at radius 3 is 1.94 bits per heavy atom. The van der Waals surface area contributed by atoms with Crippen LogP contribution in [0.15, 0.2) is 133 Å². The van der Waals surface area contributed by atoms with Crippen LogP contribution < -0.4 is 0 Å². The van der Waals surface area contributed by atoms with E-state index in [1.54, 1.807) is 12.3 Å². The van der Waals surface area contributed by atoms with Gasteiger partial charge in [-0.1, -0.05) is 172 Å². The summed E-state index contributed by atoms with van der Waals surface area (Å²) in [5.41, 5.74) is 11.5. The maximum absolute atomic E-state index is 12.0. The van der Waals surface area contributed by atoms with Gasteiger partial charge in [0.25, 0.3) is 0 Å². The molecule has 0 radical (unpaired) electrons. The third-order valence-corrected chi connectivity index (χ3v) is 11.7. The van der Waals surface area contributed by atoms with Crippen LogP contribution >= 0.6 is 0 Å². The minimum atomic E-state index is -0.857. The molecule has 0 saturated heterocycles. The van der Waals surface area contributed by atoms with Gasteiger partial charge in [-0.15, -0.1) is 29.3 Å². The summed E-state index contributed by atoms with van der Waals surface area (Å²) in [4.78, 5) is 10.3. The number of hydrogen-bond acceptors (Lipinski definition) is 3. The van der Waals surface area contributed by atoms with Crippen molar-refractivity contribution in [2.24, 2.45) is 0 Å². The molecule has 0 aliphatic rings. The quantitative estimate of drug-likeness (QED) is 0.162.